The molecule has 0 saturated carbocycles. The molecule has 0 spiro atoms. The molecule has 3 rings (SSSR count). The van der Waals surface area contributed by atoms with Crippen molar-refractivity contribution in [3.05, 3.63) is 71.9 Å². The molecule has 0 saturated heterocycles. The summed E-state index contributed by atoms with van der Waals surface area (Å²) >= 11 is 0. The van der Waals surface area contributed by atoms with Crippen LogP contribution < -0.4 is 4.74 Å². The molecule has 0 unspecified atom stereocenters. The molecular weight excluding hydrogens is 250 g/mol. The second-order valence-corrected chi connectivity index (χ2v) is 4.47. The lowest BCUT2D eigenvalue weighted by Gasteiger charge is -2.06. The molecule has 3 heteroatoms. The van der Waals surface area contributed by atoms with Crippen LogP contribution in [0.3, 0.4) is 0 Å². The predicted octanol–water partition coefficient (Wildman–Crippen LogP) is 3.63. The first-order valence-corrected chi connectivity index (χ1v) is 6.38. The van der Waals surface area contributed by atoms with Gasteiger partial charge in [0.1, 0.15) is 18.6 Å². The van der Waals surface area contributed by atoms with Crippen LogP contribution in [0.2, 0.25) is 0 Å². The monoisotopic (exact) mass is 263 g/mol. The van der Waals surface area contributed by atoms with Crippen LogP contribution in [0.1, 0.15) is 16.1 Å². The average molecular weight is 263 g/mol. The molecule has 2 aromatic carbocycles. The van der Waals surface area contributed by atoms with Crippen LogP contribution in [0.25, 0.3) is 10.9 Å². The minimum absolute atomic E-state index is 0.408. The number of para-hydroxylation sites is 1. The van der Waals surface area contributed by atoms with Crippen LogP contribution >= 0.6 is 0 Å². The molecule has 0 aliphatic heterocycles. The van der Waals surface area contributed by atoms with Gasteiger partial charge in [0.25, 0.3) is 0 Å². The number of rotatable bonds is 4. The molecular formula is C17H13NO2. The summed E-state index contributed by atoms with van der Waals surface area (Å²) in [5.74, 6) is 0.727. The standard InChI is InChI=1S/C17H13NO2/c19-11-13-5-9-16(10-6-13)20-12-15-8-7-14-3-1-2-4-17(14)18-15/h1-11H,12H2. The number of hydrogen-bond acceptors (Lipinski definition) is 3. The number of hydrogen-bond donors (Lipinski definition) is 0. The van der Waals surface area contributed by atoms with E-state index in [0.29, 0.717) is 12.2 Å². The number of benzene rings is 2. The lowest BCUT2D eigenvalue weighted by atomic mass is 10.2. The number of pyridine rings is 1. The van der Waals surface area contributed by atoms with E-state index < -0.39 is 0 Å². The van der Waals surface area contributed by atoms with Gasteiger partial charge in [-0.3, -0.25) is 4.79 Å². The molecule has 0 aliphatic carbocycles. The third-order valence-electron chi connectivity index (χ3n) is 3.06. The highest BCUT2D eigenvalue weighted by Crippen LogP contribution is 2.15. The zero-order chi connectivity index (χ0) is 13.8. The quantitative estimate of drug-likeness (QED) is 0.675. The van der Waals surface area contributed by atoms with Crippen LogP contribution in [-0.2, 0) is 6.61 Å². The lowest BCUT2D eigenvalue weighted by molar-refractivity contribution is 0.112. The normalized spacial score (nSPS) is 10.4. The summed E-state index contributed by atoms with van der Waals surface area (Å²) in [6.45, 7) is 0.408. The van der Waals surface area contributed by atoms with Crippen molar-refractivity contribution in [2.24, 2.45) is 0 Å². The molecule has 0 amide bonds. The van der Waals surface area contributed by atoms with E-state index in [0.717, 1.165) is 28.6 Å². The van der Waals surface area contributed by atoms with E-state index in [2.05, 4.69) is 4.98 Å². The third-order valence-corrected chi connectivity index (χ3v) is 3.06. The van der Waals surface area contributed by atoms with Crippen LogP contribution in [0.15, 0.2) is 60.7 Å². The maximum Gasteiger partial charge on any atom is 0.150 e. The Hall–Kier alpha value is -2.68. The zero-order valence-electron chi connectivity index (χ0n) is 10.8. The Labute approximate surface area is 116 Å². The van der Waals surface area contributed by atoms with E-state index in [1.54, 1.807) is 24.3 Å². The highest BCUT2D eigenvalue weighted by molar-refractivity contribution is 5.78. The van der Waals surface area contributed by atoms with Gasteiger partial charge in [0.2, 0.25) is 0 Å². The molecule has 1 heterocycles. The molecule has 3 aromatic rings. The van der Waals surface area contributed by atoms with Gasteiger partial charge in [-0.15, -0.1) is 0 Å². The lowest BCUT2D eigenvalue weighted by Crippen LogP contribution is -1.98. The van der Waals surface area contributed by atoms with Gasteiger partial charge < -0.3 is 4.74 Å². The number of ether oxygens (including phenoxy) is 1. The van der Waals surface area contributed by atoms with E-state index in [9.17, 15) is 4.79 Å². The van der Waals surface area contributed by atoms with Crippen molar-refractivity contribution in [1.29, 1.82) is 0 Å². The van der Waals surface area contributed by atoms with Gasteiger partial charge in [0, 0.05) is 10.9 Å². The van der Waals surface area contributed by atoms with Crippen LogP contribution in [0, 0.1) is 0 Å². The third kappa shape index (κ3) is 2.67. The number of aromatic nitrogens is 1. The van der Waals surface area contributed by atoms with Crippen LogP contribution in [0.5, 0.6) is 5.75 Å². The van der Waals surface area contributed by atoms with Gasteiger partial charge in [0.15, 0.2) is 0 Å². The smallest absolute Gasteiger partial charge is 0.150 e. The van der Waals surface area contributed by atoms with Crippen molar-refractivity contribution < 1.29 is 9.53 Å². The number of aldehydes is 1. The summed E-state index contributed by atoms with van der Waals surface area (Å²) in [6, 6.07) is 19.0. The molecule has 98 valence electrons. The highest BCUT2D eigenvalue weighted by atomic mass is 16.5. The van der Waals surface area contributed by atoms with E-state index in [4.69, 9.17) is 4.74 Å². The second-order valence-electron chi connectivity index (χ2n) is 4.47. The summed E-state index contributed by atoms with van der Waals surface area (Å²) in [4.78, 5) is 15.1. The molecule has 0 aliphatic rings. The van der Waals surface area contributed by atoms with Gasteiger partial charge in [-0.25, -0.2) is 4.98 Å². The summed E-state index contributed by atoms with van der Waals surface area (Å²) < 4.78 is 5.66. The van der Waals surface area contributed by atoms with Crippen LogP contribution in [-0.4, -0.2) is 11.3 Å². The first kappa shape index (κ1) is 12.4. The SMILES string of the molecule is O=Cc1ccc(OCc2ccc3ccccc3n2)cc1. The molecule has 0 fully saturated rings. The van der Waals surface area contributed by atoms with Crippen molar-refractivity contribution in [2.75, 3.05) is 0 Å². The Morgan fingerprint density at radius 2 is 1.75 bits per heavy atom. The Balaban J connectivity index is 1.74. The molecule has 0 atom stereocenters. The Morgan fingerprint density at radius 3 is 2.55 bits per heavy atom. The topological polar surface area (TPSA) is 39.2 Å². The molecule has 3 nitrogen and oxygen atoms in total. The number of nitrogens with zero attached hydrogens (tertiary/aromatic N) is 1. The minimum atomic E-state index is 0.408. The van der Waals surface area contributed by atoms with Gasteiger partial charge in [-0.05, 0) is 36.4 Å². The minimum Gasteiger partial charge on any atom is -0.487 e. The zero-order valence-corrected chi connectivity index (χ0v) is 10.8. The molecule has 0 radical (unpaired) electrons. The van der Waals surface area contributed by atoms with Gasteiger partial charge in [-0.2, -0.15) is 0 Å². The number of carbonyl (C=O) groups excluding carboxylic acids is 1. The van der Waals surface area contributed by atoms with Gasteiger partial charge in [-0.1, -0.05) is 24.3 Å². The van der Waals surface area contributed by atoms with Crippen molar-refractivity contribution >= 4 is 17.2 Å². The Kier molecular flexibility index (Phi) is 3.42. The van der Waals surface area contributed by atoms with E-state index in [1.165, 1.54) is 0 Å². The summed E-state index contributed by atoms with van der Waals surface area (Å²) in [5, 5.41) is 1.12. The first-order chi connectivity index (χ1) is 9.85. The van der Waals surface area contributed by atoms with Crippen molar-refractivity contribution in [3.8, 4) is 5.75 Å². The number of carbonyl (C=O) groups is 1. The van der Waals surface area contributed by atoms with Crippen molar-refractivity contribution in [2.45, 2.75) is 6.61 Å². The van der Waals surface area contributed by atoms with Crippen molar-refractivity contribution in [3.63, 3.8) is 0 Å². The molecule has 0 N–H and O–H groups in total. The Bertz CT molecular complexity index is 735. The van der Waals surface area contributed by atoms with Gasteiger partial charge >= 0.3 is 0 Å². The summed E-state index contributed by atoms with van der Waals surface area (Å²) in [5.41, 5.74) is 2.48. The van der Waals surface area contributed by atoms with E-state index >= 15 is 0 Å². The van der Waals surface area contributed by atoms with E-state index in [-0.39, 0.29) is 0 Å². The van der Waals surface area contributed by atoms with Crippen molar-refractivity contribution in [1.82, 2.24) is 4.98 Å². The van der Waals surface area contributed by atoms with Gasteiger partial charge in [0.05, 0.1) is 11.2 Å². The average Bonchev–Trinajstić information content (AvgIpc) is 2.53. The van der Waals surface area contributed by atoms with Crippen LogP contribution in [0.4, 0.5) is 0 Å². The number of fused-ring (bicyclic) bond motifs is 1. The highest BCUT2D eigenvalue weighted by Gasteiger charge is 2.00. The molecule has 20 heavy (non-hydrogen) atoms. The fourth-order valence-electron chi connectivity index (χ4n) is 1.99. The first-order valence-electron chi connectivity index (χ1n) is 6.38. The summed E-state index contributed by atoms with van der Waals surface area (Å²) in [7, 11) is 0. The maximum atomic E-state index is 10.6. The predicted molar refractivity (Wildman–Crippen MR) is 77.9 cm³/mol. The van der Waals surface area contributed by atoms with E-state index in [1.807, 2.05) is 36.4 Å². The fraction of sp³-hybridized carbons (Fsp3) is 0.0588. The molecule has 0 bridgehead atoms. The molecule has 1 aromatic heterocycles. The Morgan fingerprint density at radius 1 is 0.950 bits per heavy atom. The second kappa shape index (κ2) is 5.53. The largest absolute Gasteiger partial charge is 0.487 e. The fourth-order valence-corrected chi connectivity index (χ4v) is 1.99. The maximum absolute atomic E-state index is 10.6. The summed E-state index contributed by atoms with van der Waals surface area (Å²) in [6.07, 6.45) is 0.814.